The molecule has 2 aromatic rings. The number of carboxylic acid groups (broad SMARTS) is 1. The van der Waals surface area contributed by atoms with Gasteiger partial charge in [0.2, 0.25) is 0 Å². The Labute approximate surface area is 161 Å². The minimum absolute atomic E-state index is 0.0230. The van der Waals surface area contributed by atoms with Gasteiger partial charge in [0.05, 0.1) is 22.7 Å². The van der Waals surface area contributed by atoms with Crippen molar-refractivity contribution in [2.24, 2.45) is 0 Å². The Bertz CT molecular complexity index is 885. The number of carboxylic acids is 1. The van der Waals surface area contributed by atoms with Crippen molar-refractivity contribution in [1.82, 2.24) is 0 Å². The molecule has 9 heteroatoms. The number of aromatic carboxylic acids is 1. The minimum Gasteiger partial charge on any atom is -0.496 e. The van der Waals surface area contributed by atoms with Crippen LogP contribution in [0, 0.1) is 5.82 Å². The van der Waals surface area contributed by atoms with Crippen LogP contribution in [-0.2, 0) is 6.42 Å². The first-order valence-electron chi connectivity index (χ1n) is 7.37. The van der Waals surface area contributed by atoms with Gasteiger partial charge < -0.3 is 9.84 Å². The Morgan fingerprint density at radius 3 is 2.26 bits per heavy atom. The van der Waals surface area contributed by atoms with E-state index in [1.165, 1.54) is 25.3 Å². The number of alkyl halides is 3. The van der Waals surface area contributed by atoms with Crippen LogP contribution in [0.1, 0.15) is 21.5 Å². The Kier molecular flexibility index (Phi) is 6.38. The molecule has 0 bridgehead atoms. The molecular formula is C18H12Cl2F4O3. The molecule has 1 N–H and O–H groups in total. The number of halogens is 6. The van der Waals surface area contributed by atoms with Crippen molar-refractivity contribution >= 4 is 34.7 Å². The van der Waals surface area contributed by atoms with Crippen molar-refractivity contribution in [2.75, 3.05) is 7.11 Å². The van der Waals surface area contributed by atoms with Gasteiger partial charge in [-0.3, -0.25) is 0 Å². The highest BCUT2D eigenvalue weighted by Gasteiger charge is 2.35. The van der Waals surface area contributed by atoms with Gasteiger partial charge in [0, 0.05) is 0 Å². The highest BCUT2D eigenvalue weighted by Crippen LogP contribution is 2.37. The second-order valence-electron chi connectivity index (χ2n) is 5.41. The molecule has 0 unspecified atom stereocenters. The molecule has 0 spiro atoms. The van der Waals surface area contributed by atoms with Gasteiger partial charge in [-0.25, -0.2) is 9.18 Å². The van der Waals surface area contributed by atoms with Gasteiger partial charge in [0.15, 0.2) is 5.82 Å². The first kappa shape index (κ1) is 21.1. The maximum Gasteiger partial charge on any atom is 0.416 e. The molecule has 0 aliphatic carbocycles. The highest BCUT2D eigenvalue weighted by molar-refractivity contribution is 6.35. The van der Waals surface area contributed by atoms with Crippen LogP contribution in [0.15, 0.2) is 36.4 Å². The lowest BCUT2D eigenvalue weighted by Crippen LogP contribution is -2.11. The molecule has 144 valence electrons. The quantitative estimate of drug-likeness (QED) is 0.472. The number of carbonyl (C=O) groups is 1. The predicted molar refractivity (Wildman–Crippen MR) is 94.1 cm³/mol. The normalized spacial score (nSPS) is 12.2. The average molecular weight is 423 g/mol. The topological polar surface area (TPSA) is 46.5 Å². The second-order valence-corrected chi connectivity index (χ2v) is 6.23. The third-order valence-corrected chi connectivity index (χ3v) is 4.19. The van der Waals surface area contributed by atoms with Crippen LogP contribution >= 0.6 is 23.2 Å². The smallest absolute Gasteiger partial charge is 0.416 e. The molecule has 0 atom stereocenters. The average Bonchev–Trinajstić information content (AvgIpc) is 2.58. The summed E-state index contributed by atoms with van der Waals surface area (Å²) in [4.78, 5) is 11.1. The minimum atomic E-state index is -4.74. The van der Waals surface area contributed by atoms with E-state index in [4.69, 9.17) is 33.0 Å². The van der Waals surface area contributed by atoms with Crippen molar-refractivity contribution in [3.05, 3.63) is 69.0 Å². The van der Waals surface area contributed by atoms with E-state index in [9.17, 15) is 22.4 Å². The van der Waals surface area contributed by atoms with Crippen molar-refractivity contribution in [1.29, 1.82) is 0 Å². The summed E-state index contributed by atoms with van der Waals surface area (Å²) in [6.45, 7) is 0. The standard InChI is InChI=1S/C18H12Cl2F4O3/c1-27-15-6-9(2-4-11(15)17(25)26)3-5-12(18(22,23)24)10-7-13(19)16(21)14(20)8-10/h2,4-8H,3H2,1H3,(H,25,26). The number of hydrogen-bond donors (Lipinski definition) is 1. The van der Waals surface area contributed by atoms with E-state index in [0.29, 0.717) is 5.56 Å². The van der Waals surface area contributed by atoms with E-state index in [1.54, 1.807) is 0 Å². The molecule has 0 fully saturated rings. The fourth-order valence-electron chi connectivity index (χ4n) is 2.37. The van der Waals surface area contributed by atoms with E-state index in [-0.39, 0.29) is 23.3 Å². The van der Waals surface area contributed by atoms with Gasteiger partial charge in [0.25, 0.3) is 0 Å². The molecule has 0 amide bonds. The summed E-state index contributed by atoms with van der Waals surface area (Å²) in [5.74, 6) is -2.20. The second kappa shape index (κ2) is 8.19. The molecule has 2 rings (SSSR count). The number of allylic oxidation sites excluding steroid dienone is 2. The first-order valence-corrected chi connectivity index (χ1v) is 8.12. The SMILES string of the molecule is COc1cc(CC=C(c2cc(Cl)c(F)c(Cl)c2)C(F)(F)F)ccc1C(=O)O. The summed E-state index contributed by atoms with van der Waals surface area (Å²) in [7, 11) is 1.26. The Morgan fingerprint density at radius 2 is 1.78 bits per heavy atom. The van der Waals surface area contributed by atoms with Crippen LogP contribution in [0.3, 0.4) is 0 Å². The Balaban J connectivity index is 2.45. The molecule has 2 aromatic carbocycles. The van der Waals surface area contributed by atoms with E-state index >= 15 is 0 Å². The van der Waals surface area contributed by atoms with Gasteiger partial charge in [-0.05, 0) is 41.8 Å². The fraction of sp³-hybridized carbons (Fsp3) is 0.167. The Morgan fingerprint density at radius 1 is 1.19 bits per heavy atom. The van der Waals surface area contributed by atoms with Gasteiger partial charge in [-0.1, -0.05) is 35.3 Å². The van der Waals surface area contributed by atoms with Crippen LogP contribution in [0.5, 0.6) is 5.75 Å². The predicted octanol–water partition coefficient (Wildman–Crippen LogP) is 6.03. The molecule has 0 heterocycles. The zero-order valence-electron chi connectivity index (χ0n) is 13.7. The van der Waals surface area contributed by atoms with E-state index in [1.807, 2.05) is 0 Å². The molecule has 0 saturated heterocycles. The molecule has 27 heavy (non-hydrogen) atoms. The number of rotatable bonds is 5. The monoisotopic (exact) mass is 422 g/mol. The third kappa shape index (κ3) is 4.93. The summed E-state index contributed by atoms with van der Waals surface area (Å²) in [5.41, 5.74) is -1.16. The van der Waals surface area contributed by atoms with E-state index < -0.39 is 33.6 Å². The largest absolute Gasteiger partial charge is 0.496 e. The van der Waals surface area contributed by atoms with Gasteiger partial charge in [0.1, 0.15) is 11.3 Å². The zero-order valence-corrected chi connectivity index (χ0v) is 15.2. The number of methoxy groups -OCH3 is 1. The van der Waals surface area contributed by atoms with Crippen molar-refractivity contribution in [3.63, 3.8) is 0 Å². The maximum atomic E-state index is 13.5. The zero-order chi connectivity index (χ0) is 20.4. The molecule has 0 aromatic heterocycles. The van der Waals surface area contributed by atoms with Crippen LogP contribution in [0.25, 0.3) is 5.57 Å². The summed E-state index contributed by atoms with van der Waals surface area (Å²) in [6.07, 6.45) is -4.04. The lowest BCUT2D eigenvalue weighted by molar-refractivity contribution is -0.0690. The van der Waals surface area contributed by atoms with Crippen LogP contribution in [0.2, 0.25) is 10.0 Å². The molecule has 0 radical (unpaired) electrons. The lowest BCUT2D eigenvalue weighted by atomic mass is 10.0. The lowest BCUT2D eigenvalue weighted by Gasteiger charge is -2.14. The maximum absolute atomic E-state index is 13.5. The van der Waals surface area contributed by atoms with Gasteiger partial charge in [-0.15, -0.1) is 0 Å². The summed E-state index contributed by atoms with van der Waals surface area (Å²) in [5, 5.41) is 7.98. The van der Waals surface area contributed by atoms with Gasteiger partial charge >= 0.3 is 12.1 Å². The molecule has 0 aliphatic rings. The fourth-order valence-corrected chi connectivity index (χ4v) is 2.85. The Hall–Kier alpha value is -2.25. The number of hydrogen-bond acceptors (Lipinski definition) is 2. The van der Waals surface area contributed by atoms with Crippen LogP contribution in [0.4, 0.5) is 17.6 Å². The van der Waals surface area contributed by atoms with Crippen LogP contribution < -0.4 is 4.74 Å². The molecular weight excluding hydrogens is 411 g/mol. The highest BCUT2D eigenvalue weighted by atomic mass is 35.5. The first-order chi connectivity index (χ1) is 12.5. The van der Waals surface area contributed by atoms with Crippen molar-refractivity contribution in [2.45, 2.75) is 12.6 Å². The van der Waals surface area contributed by atoms with Crippen molar-refractivity contribution in [3.8, 4) is 5.75 Å². The molecule has 3 nitrogen and oxygen atoms in total. The summed E-state index contributed by atoms with van der Waals surface area (Å²) >= 11 is 11.2. The number of benzene rings is 2. The van der Waals surface area contributed by atoms with E-state index in [0.717, 1.165) is 18.2 Å². The molecule has 0 saturated carbocycles. The van der Waals surface area contributed by atoms with Crippen molar-refractivity contribution < 1.29 is 32.2 Å². The van der Waals surface area contributed by atoms with E-state index in [2.05, 4.69) is 0 Å². The molecule has 0 aliphatic heterocycles. The summed E-state index contributed by atoms with van der Waals surface area (Å²) in [6, 6.07) is 5.63. The third-order valence-electron chi connectivity index (χ3n) is 3.64. The number of ether oxygens (including phenoxy) is 1. The summed E-state index contributed by atoms with van der Waals surface area (Å²) < 4.78 is 58.7. The van der Waals surface area contributed by atoms with Gasteiger partial charge in [-0.2, -0.15) is 13.2 Å². The van der Waals surface area contributed by atoms with Crippen LogP contribution in [-0.4, -0.2) is 24.4 Å².